The van der Waals surface area contributed by atoms with Gasteiger partial charge in [-0.05, 0) is 18.4 Å². The lowest BCUT2D eigenvalue weighted by Crippen LogP contribution is -2.00. The van der Waals surface area contributed by atoms with E-state index in [-0.39, 0.29) is 0 Å². The van der Waals surface area contributed by atoms with Crippen molar-refractivity contribution in [2.45, 2.75) is 12.8 Å². The lowest BCUT2D eigenvalue weighted by atomic mass is 10.1. The van der Waals surface area contributed by atoms with Gasteiger partial charge in [-0.25, -0.2) is 4.79 Å². The maximum absolute atomic E-state index is 10.5. The molecule has 20 heavy (non-hydrogen) atoms. The molecule has 0 radical (unpaired) electrons. The number of nitrogens with zero attached hydrogens (tertiary/aromatic N) is 2. The Balaban J connectivity index is 1.98. The first-order chi connectivity index (χ1) is 9.65. The van der Waals surface area contributed by atoms with Crippen LogP contribution in [-0.4, -0.2) is 26.2 Å². The van der Waals surface area contributed by atoms with Crippen molar-refractivity contribution in [3.63, 3.8) is 0 Å². The molecule has 0 spiro atoms. The predicted octanol–water partition coefficient (Wildman–Crippen LogP) is 2.25. The lowest BCUT2D eigenvalue weighted by molar-refractivity contribution is -0.135. The number of carboxylic acid groups (broad SMARTS) is 1. The van der Waals surface area contributed by atoms with E-state index < -0.39 is 11.7 Å². The predicted molar refractivity (Wildman–Crippen MR) is 74.1 cm³/mol. The number of aliphatic hydroxyl groups is 1. The Kier molecular flexibility index (Phi) is 4.44. The summed E-state index contributed by atoms with van der Waals surface area (Å²) in [6.07, 6.45) is 5.72. The molecule has 5 nitrogen and oxygen atoms in total. The zero-order valence-corrected chi connectivity index (χ0v) is 10.7. The van der Waals surface area contributed by atoms with Crippen LogP contribution in [-0.2, 0) is 17.6 Å². The third-order valence-corrected chi connectivity index (χ3v) is 2.74. The maximum Gasteiger partial charge on any atom is 0.371 e. The molecule has 0 atom stereocenters. The zero-order chi connectivity index (χ0) is 14.4. The highest BCUT2D eigenvalue weighted by Gasteiger charge is 2.04. The average Bonchev–Trinajstić information content (AvgIpc) is 2.47. The first kappa shape index (κ1) is 13.7. The minimum absolute atomic E-state index is 0.313. The second-order valence-corrected chi connectivity index (χ2v) is 4.25. The fraction of sp³-hybridized carbons (Fsp3) is 0.133. The summed E-state index contributed by atoms with van der Waals surface area (Å²) >= 11 is 0. The van der Waals surface area contributed by atoms with Crippen molar-refractivity contribution in [3.05, 3.63) is 65.4 Å². The van der Waals surface area contributed by atoms with Crippen molar-refractivity contribution in [2.24, 2.45) is 0 Å². The molecule has 0 saturated heterocycles. The molecule has 0 amide bonds. The van der Waals surface area contributed by atoms with E-state index in [1.165, 1.54) is 11.8 Å². The molecule has 0 saturated carbocycles. The summed E-state index contributed by atoms with van der Waals surface area (Å²) < 4.78 is 0. The molecule has 1 aromatic heterocycles. The topological polar surface area (TPSA) is 83.3 Å². The largest absolute Gasteiger partial charge is 0.502 e. The molecule has 1 aromatic carbocycles. The number of aliphatic hydroxyl groups excluding tert-OH is 1. The molecule has 0 aliphatic carbocycles. The van der Waals surface area contributed by atoms with Gasteiger partial charge in [0.1, 0.15) is 0 Å². The van der Waals surface area contributed by atoms with Crippen molar-refractivity contribution in [3.8, 4) is 0 Å². The van der Waals surface area contributed by atoms with E-state index in [4.69, 9.17) is 10.2 Å². The number of aliphatic carboxylic acids is 1. The molecule has 0 fully saturated rings. The molecule has 1 heterocycles. The van der Waals surface area contributed by atoms with Gasteiger partial charge < -0.3 is 10.2 Å². The average molecular weight is 270 g/mol. The van der Waals surface area contributed by atoms with Crippen molar-refractivity contribution >= 4 is 12.0 Å². The van der Waals surface area contributed by atoms with E-state index in [0.717, 1.165) is 24.6 Å². The molecule has 0 aliphatic rings. The fourth-order valence-electron chi connectivity index (χ4n) is 1.69. The summed E-state index contributed by atoms with van der Waals surface area (Å²) in [5.41, 5.74) is 2.36. The van der Waals surface area contributed by atoms with Gasteiger partial charge in [-0.1, -0.05) is 30.3 Å². The maximum atomic E-state index is 10.5. The SMILES string of the molecule is O=C(O)/C(O)=C/c1cnc(CCc2ccccc2)cn1. The zero-order valence-electron chi connectivity index (χ0n) is 10.7. The fourth-order valence-corrected chi connectivity index (χ4v) is 1.69. The molecule has 2 rings (SSSR count). The first-order valence-electron chi connectivity index (χ1n) is 6.14. The second kappa shape index (κ2) is 6.47. The van der Waals surface area contributed by atoms with Gasteiger partial charge in [-0.15, -0.1) is 0 Å². The quantitative estimate of drug-likeness (QED) is 0.643. The minimum Gasteiger partial charge on any atom is -0.502 e. The van der Waals surface area contributed by atoms with Crippen LogP contribution in [0.15, 0.2) is 48.5 Å². The van der Waals surface area contributed by atoms with Gasteiger partial charge in [0.25, 0.3) is 0 Å². The molecular formula is C15H14N2O3. The second-order valence-electron chi connectivity index (χ2n) is 4.25. The van der Waals surface area contributed by atoms with Crippen LogP contribution in [0.1, 0.15) is 17.0 Å². The van der Waals surface area contributed by atoms with Crippen LogP contribution >= 0.6 is 0 Å². The van der Waals surface area contributed by atoms with Gasteiger partial charge in [0, 0.05) is 12.3 Å². The summed E-state index contributed by atoms with van der Waals surface area (Å²) in [5.74, 6) is -2.14. The van der Waals surface area contributed by atoms with Crippen molar-refractivity contribution in [1.29, 1.82) is 0 Å². The molecule has 0 unspecified atom stereocenters. The smallest absolute Gasteiger partial charge is 0.371 e. The molecule has 0 bridgehead atoms. The number of aryl methyl sites for hydroxylation is 2. The van der Waals surface area contributed by atoms with Crippen LogP contribution in [0.4, 0.5) is 0 Å². The van der Waals surface area contributed by atoms with Crippen LogP contribution in [0.3, 0.4) is 0 Å². The van der Waals surface area contributed by atoms with Crippen molar-refractivity contribution in [2.75, 3.05) is 0 Å². The molecule has 2 aromatic rings. The van der Waals surface area contributed by atoms with E-state index in [0.29, 0.717) is 5.69 Å². The lowest BCUT2D eigenvalue weighted by Gasteiger charge is -2.01. The van der Waals surface area contributed by atoms with Crippen LogP contribution in [0.2, 0.25) is 0 Å². The number of hydrogen-bond acceptors (Lipinski definition) is 4. The van der Waals surface area contributed by atoms with Gasteiger partial charge in [-0.3, -0.25) is 9.97 Å². The van der Waals surface area contributed by atoms with Crippen LogP contribution in [0.25, 0.3) is 6.08 Å². The van der Waals surface area contributed by atoms with E-state index in [1.807, 2.05) is 18.2 Å². The number of rotatable bonds is 5. The Hall–Kier alpha value is -2.69. The van der Waals surface area contributed by atoms with Gasteiger partial charge in [0.15, 0.2) is 0 Å². The molecule has 2 N–H and O–H groups in total. The molecule has 5 heteroatoms. The van der Waals surface area contributed by atoms with Gasteiger partial charge in [0.2, 0.25) is 5.76 Å². The summed E-state index contributed by atoms with van der Waals surface area (Å²) in [5, 5.41) is 17.6. The minimum atomic E-state index is -1.39. The summed E-state index contributed by atoms with van der Waals surface area (Å²) in [7, 11) is 0. The summed E-state index contributed by atoms with van der Waals surface area (Å²) in [6.45, 7) is 0. The number of hydrogen-bond donors (Lipinski definition) is 2. The molecule has 102 valence electrons. The Morgan fingerprint density at radius 1 is 1.05 bits per heavy atom. The highest BCUT2D eigenvalue weighted by atomic mass is 16.4. The summed E-state index contributed by atoms with van der Waals surface area (Å²) in [4.78, 5) is 18.7. The van der Waals surface area contributed by atoms with Gasteiger partial charge >= 0.3 is 5.97 Å². The van der Waals surface area contributed by atoms with Crippen LogP contribution in [0.5, 0.6) is 0 Å². The highest BCUT2D eigenvalue weighted by molar-refractivity contribution is 5.88. The molecule has 0 aliphatic heterocycles. The highest BCUT2D eigenvalue weighted by Crippen LogP contribution is 2.06. The van der Waals surface area contributed by atoms with Crippen LogP contribution < -0.4 is 0 Å². The monoisotopic (exact) mass is 270 g/mol. The van der Waals surface area contributed by atoms with Crippen molar-refractivity contribution in [1.82, 2.24) is 9.97 Å². The standard InChI is InChI=1S/C15H14N2O3/c18-14(15(19)20)8-13-10-16-12(9-17-13)7-6-11-4-2-1-3-5-11/h1-5,8-10,18H,6-7H2,(H,19,20)/b14-8-. The van der Waals surface area contributed by atoms with Gasteiger partial charge in [-0.2, -0.15) is 0 Å². The number of carbonyl (C=O) groups is 1. The van der Waals surface area contributed by atoms with E-state index in [2.05, 4.69) is 22.1 Å². The number of carboxylic acids is 1. The van der Waals surface area contributed by atoms with E-state index >= 15 is 0 Å². The van der Waals surface area contributed by atoms with E-state index in [9.17, 15) is 4.79 Å². The Labute approximate surface area is 116 Å². The molecular weight excluding hydrogens is 256 g/mol. The first-order valence-corrected chi connectivity index (χ1v) is 6.14. The Morgan fingerprint density at radius 3 is 2.40 bits per heavy atom. The summed E-state index contributed by atoms with van der Waals surface area (Å²) in [6, 6.07) is 10.1. The third-order valence-electron chi connectivity index (χ3n) is 2.74. The normalized spacial score (nSPS) is 11.3. The van der Waals surface area contributed by atoms with Crippen molar-refractivity contribution < 1.29 is 15.0 Å². The number of aromatic nitrogens is 2. The Bertz CT molecular complexity index is 607. The Morgan fingerprint density at radius 2 is 1.80 bits per heavy atom. The van der Waals surface area contributed by atoms with Crippen LogP contribution in [0, 0.1) is 0 Å². The third kappa shape index (κ3) is 3.91. The van der Waals surface area contributed by atoms with Gasteiger partial charge in [0.05, 0.1) is 17.6 Å². The van der Waals surface area contributed by atoms with E-state index in [1.54, 1.807) is 6.20 Å². The number of benzene rings is 1.